The summed E-state index contributed by atoms with van der Waals surface area (Å²) in [5.41, 5.74) is -1.09. The van der Waals surface area contributed by atoms with Crippen LogP contribution in [0.3, 0.4) is 0 Å². The lowest BCUT2D eigenvalue weighted by Gasteiger charge is -2.49. The molecule has 0 amide bonds. The molecule has 0 spiro atoms. The number of benzene rings is 2. The predicted molar refractivity (Wildman–Crippen MR) is 226 cm³/mol. The summed E-state index contributed by atoms with van der Waals surface area (Å²) in [6, 6.07) is 10.4. The third-order valence-electron chi connectivity index (χ3n) is 10.1. The molecule has 0 radical (unpaired) electrons. The summed E-state index contributed by atoms with van der Waals surface area (Å²) in [7, 11) is 0. The molecule has 2 saturated heterocycles. The van der Waals surface area contributed by atoms with E-state index in [0.717, 1.165) is 52.7 Å². The van der Waals surface area contributed by atoms with Crippen LogP contribution in [0.2, 0.25) is 0 Å². The van der Waals surface area contributed by atoms with Crippen molar-refractivity contribution in [3.8, 4) is 11.5 Å². The van der Waals surface area contributed by atoms with Gasteiger partial charge in [0.25, 0.3) is 0 Å². The van der Waals surface area contributed by atoms with E-state index in [1.54, 1.807) is 50.2 Å². The molecule has 0 unspecified atom stereocenters. The molecule has 66 heavy (non-hydrogen) atoms. The molecular formula is C46H56O20. The monoisotopic (exact) mass is 928 g/mol. The first-order valence-corrected chi connectivity index (χ1v) is 20.7. The molecule has 2 aromatic rings. The van der Waals surface area contributed by atoms with E-state index in [9.17, 15) is 38.4 Å². The van der Waals surface area contributed by atoms with Crippen LogP contribution < -0.4 is 9.47 Å². The number of aryl methyl sites for hydroxylation is 2. The third kappa shape index (κ3) is 13.5. The molecule has 0 aliphatic carbocycles. The van der Waals surface area contributed by atoms with Crippen molar-refractivity contribution in [3.05, 3.63) is 58.7 Å². The Morgan fingerprint density at radius 1 is 0.500 bits per heavy atom. The highest BCUT2D eigenvalue weighted by Gasteiger charge is 2.63. The van der Waals surface area contributed by atoms with Crippen LogP contribution >= 0.6 is 0 Å². The summed E-state index contributed by atoms with van der Waals surface area (Å²) in [4.78, 5) is 97.6. The summed E-state index contributed by atoms with van der Waals surface area (Å²) in [6.45, 7) is 14.6. The predicted octanol–water partition coefficient (Wildman–Crippen LogP) is 4.18. The van der Waals surface area contributed by atoms with Gasteiger partial charge in [-0.2, -0.15) is 0 Å². The van der Waals surface area contributed by atoms with E-state index in [2.05, 4.69) is 0 Å². The molecule has 20 heteroatoms. The molecule has 360 valence electrons. The zero-order chi connectivity index (χ0) is 49.3. The highest BCUT2D eigenvalue weighted by molar-refractivity contribution is 5.72. The standard InChI is InChI=1S/C46H56O20/c1-23-19-33(15-17-35(23)61-43-45(11,65-31(9)53)41(59-29(7)51)39(57-27(5)49)37(63-43)21-55-25(3)47)13-14-34-16-18-36(24(2)20-34)62-44-46(12,66-32(10)54)42(60-30(8)52)40(58-28(6)50)38(64-44)22-56-26(4)48/h13-20,37-44H,21-22H2,1-12H3/t37-,38-,39-,40-,41+,42+,43+,44+,45-,46+/m1/s1. The lowest BCUT2D eigenvalue weighted by atomic mass is 9.87. The van der Waals surface area contributed by atoms with E-state index in [1.807, 2.05) is 12.2 Å². The van der Waals surface area contributed by atoms with Crippen LogP contribution in [0.5, 0.6) is 11.5 Å². The van der Waals surface area contributed by atoms with E-state index in [-0.39, 0.29) is 11.5 Å². The molecule has 2 heterocycles. The average Bonchev–Trinajstić information content (AvgIpc) is 3.18. The van der Waals surface area contributed by atoms with E-state index in [1.165, 1.54) is 27.7 Å². The van der Waals surface area contributed by atoms with Crippen molar-refractivity contribution < 1.29 is 95.2 Å². The van der Waals surface area contributed by atoms with Gasteiger partial charge in [-0.3, -0.25) is 38.4 Å². The van der Waals surface area contributed by atoms with Gasteiger partial charge in [-0.25, -0.2) is 0 Å². The molecule has 0 saturated carbocycles. The Balaban J connectivity index is 1.62. The minimum absolute atomic E-state index is 0.280. The number of rotatable bonds is 16. The number of ether oxygens (including phenoxy) is 12. The fraction of sp³-hybridized carbons (Fsp3) is 0.522. The van der Waals surface area contributed by atoms with Crippen molar-refractivity contribution in [3.63, 3.8) is 0 Å². The number of carbonyl (C=O) groups is 8. The quantitative estimate of drug-likeness (QED) is 0.130. The molecule has 0 bridgehead atoms. The summed E-state index contributed by atoms with van der Waals surface area (Å²) in [6.07, 6.45) is -7.40. The van der Waals surface area contributed by atoms with E-state index < -0.39 is 121 Å². The minimum atomic E-state index is -1.88. The van der Waals surface area contributed by atoms with Gasteiger partial charge >= 0.3 is 47.8 Å². The smallest absolute Gasteiger partial charge is 0.303 e. The average molecular weight is 929 g/mol. The summed E-state index contributed by atoms with van der Waals surface area (Å²) < 4.78 is 68.9. The van der Waals surface area contributed by atoms with Crippen LogP contribution in [0.15, 0.2) is 36.4 Å². The second kappa shape index (κ2) is 22.1. The number of carbonyl (C=O) groups excluding carboxylic acids is 8. The largest absolute Gasteiger partial charge is 0.463 e. The van der Waals surface area contributed by atoms with Gasteiger partial charge in [0.05, 0.1) is 0 Å². The zero-order valence-electron chi connectivity index (χ0n) is 38.8. The second-order valence-corrected chi connectivity index (χ2v) is 16.0. The van der Waals surface area contributed by atoms with Gasteiger partial charge in [-0.1, -0.05) is 24.3 Å². The van der Waals surface area contributed by atoms with Crippen LogP contribution in [-0.2, 0) is 85.7 Å². The van der Waals surface area contributed by atoms with E-state index in [0.29, 0.717) is 11.1 Å². The summed E-state index contributed by atoms with van der Waals surface area (Å²) in [5, 5.41) is 0. The Labute approximate surface area is 381 Å². The lowest BCUT2D eigenvalue weighted by Crippen LogP contribution is -2.70. The number of esters is 8. The van der Waals surface area contributed by atoms with Gasteiger partial charge in [0, 0.05) is 55.4 Å². The first kappa shape index (κ1) is 52.1. The van der Waals surface area contributed by atoms with Crippen LogP contribution in [0, 0.1) is 13.8 Å². The van der Waals surface area contributed by atoms with Crippen molar-refractivity contribution in [2.75, 3.05) is 13.2 Å². The summed E-state index contributed by atoms with van der Waals surface area (Å²) in [5.74, 6) is -5.44. The number of hydrogen-bond acceptors (Lipinski definition) is 20. The van der Waals surface area contributed by atoms with Gasteiger partial charge < -0.3 is 56.8 Å². The van der Waals surface area contributed by atoms with Crippen LogP contribution in [-0.4, -0.2) is 121 Å². The molecule has 10 atom stereocenters. The van der Waals surface area contributed by atoms with Crippen LogP contribution in [0.25, 0.3) is 12.2 Å². The molecule has 0 N–H and O–H groups in total. The topological polar surface area (TPSA) is 247 Å². The van der Waals surface area contributed by atoms with Crippen molar-refractivity contribution >= 4 is 59.9 Å². The fourth-order valence-corrected chi connectivity index (χ4v) is 7.47. The minimum Gasteiger partial charge on any atom is -0.463 e. The SMILES string of the molecule is CC(=O)OC[C@H]1O[C@H](Oc2ccc(C=Cc3ccc(O[C@H]4O[C@H](COC(C)=O)[C@@H](OC(C)=O)[C@H](OC(C)=O)[C@]4(C)OC(C)=O)c(C)c3)cc2C)[C@](C)(OC(C)=O)[C@@H](OC(C)=O)[C@@H]1OC(C)=O. The van der Waals surface area contributed by atoms with Gasteiger partial charge in [0.1, 0.15) is 36.9 Å². The van der Waals surface area contributed by atoms with Gasteiger partial charge in [-0.15, -0.1) is 0 Å². The maximum absolute atomic E-state index is 12.5. The Kier molecular flexibility index (Phi) is 17.4. The third-order valence-corrected chi connectivity index (χ3v) is 10.1. The second-order valence-electron chi connectivity index (χ2n) is 16.0. The number of hydrogen-bond donors (Lipinski definition) is 0. The van der Waals surface area contributed by atoms with Crippen LogP contribution in [0.4, 0.5) is 0 Å². The van der Waals surface area contributed by atoms with Crippen LogP contribution in [0.1, 0.15) is 91.5 Å². The van der Waals surface area contributed by atoms with Crippen molar-refractivity contribution in [1.29, 1.82) is 0 Å². The Morgan fingerprint density at radius 3 is 1.11 bits per heavy atom. The Hall–Kier alpha value is -6.54. The summed E-state index contributed by atoms with van der Waals surface area (Å²) >= 11 is 0. The molecule has 20 nitrogen and oxygen atoms in total. The molecule has 2 aliphatic heterocycles. The van der Waals surface area contributed by atoms with E-state index in [4.69, 9.17) is 56.8 Å². The molecular weight excluding hydrogens is 872 g/mol. The normalized spacial score (nSPS) is 27.0. The molecule has 0 aromatic heterocycles. The zero-order valence-corrected chi connectivity index (χ0v) is 38.8. The first-order chi connectivity index (χ1) is 30.8. The van der Waals surface area contributed by atoms with Gasteiger partial charge in [0.15, 0.2) is 24.4 Å². The Bertz CT molecular complexity index is 2050. The van der Waals surface area contributed by atoms with Crippen molar-refractivity contribution in [1.82, 2.24) is 0 Å². The van der Waals surface area contributed by atoms with E-state index >= 15 is 0 Å². The Morgan fingerprint density at radius 2 is 0.833 bits per heavy atom. The molecule has 2 aromatic carbocycles. The highest BCUT2D eigenvalue weighted by atomic mass is 16.8. The fourth-order valence-electron chi connectivity index (χ4n) is 7.47. The lowest BCUT2D eigenvalue weighted by molar-refractivity contribution is -0.321. The van der Waals surface area contributed by atoms with Crippen molar-refractivity contribution in [2.45, 2.75) is 143 Å². The van der Waals surface area contributed by atoms with Crippen molar-refractivity contribution in [2.24, 2.45) is 0 Å². The van der Waals surface area contributed by atoms with Gasteiger partial charge in [-0.05, 0) is 74.2 Å². The first-order valence-electron chi connectivity index (χ1n) is 20.7. The maximum atomic E-state index is 12.5. The molecule has 2 aliphatic rings. The molecule has 2 fully saturated rings. The maximum Gasteiger partial charge on any atom is 0.303 e. The van der Waals surface area contributed by atoms with Gasteiger partial charge in [0.2, 0.25) is 23.8 Å². The molecule has 4 rings (SSSR count). The highest BCUT2D eigenvalue weighted by Crippen LogP contribution is 2.41.